The average molecular weight is 359 g/mol. The predicted octanol–water partition coefficient (Wildman–Crippen LogP) is 1.62. The summed E-state index contributed by atoms with van der Waals surface area (Å²) in [5.74, 6) is 0.121. The van der Waals surface area contributed by atoms with Gasteiger partial charge in [-0.2, -0.15) is 0 Å². The lowest BCUT2D eigenvalue weighted by molar-refractivity contribution is -0.159. The molecule has 2 saturated heterocycles. The fourth-order valence-electron chi connectivity index (χ4n) is 4.34. The topological polar surface area (TPSA) is 73.7 Å². The van der Waals surface area contributed by atoms with Crippen LogP contribution in [0.25, 0.3) is 0 Å². The summed E-state index contributed by atoms with van der Waals surface area (Å²) in [4.78, 5) is 32.4. The Bertz CT molecular complexity index is 666. The summed E-state index contributed by atoms with van der Waals surface area (Å²) in [6.45, 7) is 7.45. The molecule has 2 amide bonds. The average Bonchev–Trinajstić information content (AvgIpc) is 2.60. The van der Waals surface area contributed by atoms with Crippen molar-refractivity contribution in [1.29, 1.82) is 0 Å². The van der Waals surface area contributed by atoms with Crippen LogP contribution in [0.4, 0.5) is 0 Å². The maximum atomic E-state index is 12.6. The maximum Gasteiger partial charge on any atom is 0.227 e. The molecule has 6 heteroatoms. The largest absolute Gasteiger partial charge is 0.391 e. The normalized spacial score (nSPS) is 24.5. The van der Waals surface area contributed by atoms with Crippen LogP contribution in [-0.4, -0.2) is 63.0 Å². The highest BCUT2D eigenvalue weighted by atomic mass is 16.3. The zero-order chi connectivity index (χ0) is 18.9. The smallest absolute Gasteiger partial charge is 0.227 e. The minimum Gasteiger partial charge on any atom is -0.391 e. The van der Waals surface area contributed by atoms with Gasteiger partial charge < -0.3 is 14.9 Å². The first-order valence-electron chi connectivity index (χ1n) is 9.36. The molecule has 2 fully saturated rings. The van der Waals surface area contributed by atoms with Gasteiger partial charge in [-0.25, -0.2) is 0 Å². The van der Waals surface area contributed by atoms with Gasteiger partial charge in [0.25, 0.3) is 0 Å². The van der Waals surface area contributed by atoms with Gasteiger partial charge in [0.1, 0.15) is 0 Å². The van der Waals surface area contributed by atoms with E-state index in [-0.39, 0.29) is 17.2 Å². The molecular formula is C20H29N3O3. The van der Waals surface area contributed by atoms with Gasteiger partial charge in [0.15, 0.2) is 0 Å². The molecule has 1 atom stereocenters. The molecular weight excluding hydrogens is 330 g/mol. The lowest BCUT2D eigenvalue weighted by Crippen LogP contribution is -2.64. The number of carbonyl (C=O) groups is 2. The van der Waals surface area contributed by atoms with E-state index in [1.54, 1.807) is 19.3 Å². The zero-order valence-corrected chi connectivity index (χ0v) is 15.9. The van der Waals surface area contributed by atoms with Crippen molar-refractivity contribution < 1.29 is 14.7 Å². The molecule has 1 aromatic rings. The van der Waals surface area contributed by atoms with Gasteiger partial charge in [0.2, 0.25) is 11.8 Å². The van der Waals surface area contributed by atoms with Gasteiger partial charge in [-0.15, -0.1) is 0 Å². The van der Waals surface area contributed by atoms with E-state index in [0.29, 0.717) is 32.5 Å². The first-order chi connectivity index (χ1) is 12.2. The highest BCUT2D eigenvalue weighted by molar-refractivity contribution is 5.78. The highest BCUT2D eigenvalue weighted by Gasteiger charge is 2.50. The Balaban J connectivity index is 1.64. The molecule has 0 aliphatic carbocycles. The van der Waals surface area contributed by atoms with Crippen molar-refractivity contribution in [1.82, 2.24) is 14.8 Å². The number of hydrogen-bond donors (Lipinski definition) is 1. The molecule has 2 aliphatic rings. The third-order valence-corrected chi connectivity index (χ3v) is 6.27. The number of nitrogens with zero attached hydrogens (tertiary/aromatic N) is 3. The number of amides is 2. The Morgan fingerprint density at radius 2 is 2.00 bits per heavy atom. The maximum absolute atomic E-state index is 12.6. The number of pyridine rings is 1. The van der Waals surface area contributed by atoms with Crippen molar-refractivity contribution in [3.05, 3.63) is 30.1 Å². The summed E-state index contributed by atoms with van der Waals surface area (Å²) < 4.78 is 0. The Morgan fingerprint density at radius 3 is 2.58 bits per heavy atom. The number of hydrogen-bond acceptors (Lipinski definition) is 4. The van der Waals surface area contributed by atoms with E-state index in [4.69, 9.17) is 0 Å². The van der Waals surface area contributed by atoms with Crippen LogP contribution in [0.2, 0.25) is 0 Å². The molecule has 3 heterocycles. The molecule has 1 aromatic heterocycles. The number of likely N-dealkylation sites (tertiary alicyclic amines) is 2. The van der Waals surface area contributed by atoms with E-state index in [1.165, 1.54) is 0 Å². The SMILES string of the molecule is CC(=O)N1CC2(CCN(C(=O)Cc3cccnc3)CC2)C[C@@H](O)C1(C)C. The van der Waals surface area contributed by atoms with Crippen LogP contribution in [-0.2, 0) is 16.0 Å². The fourth-order valence-corrected chi connectivity index (χ4v) is 4.34. The molecule has 3 rings (SSSR count). The zero-order valence-electron chi connectivity index (χ0n) is 15.9. The lowest BCUT2D eigenvalue weighted by atomic mass is 9.67. The first-order valence-corrected chi connectivity index (χ1v) is 9.36. The summed E-state index contributed by atoms with van der Waals surface area (Å²) in [5.41, 5.74) is 0.297. The van der Waals surface area contributed by atoms with Crippen molar-refractivity contribution >= 4 is 11.8 Å². The van der Waals surface area contributed by atoms with Gasteiger partial charge in [-0.05, 0) is 50.2 Å². The second-order valence-corrected chi connectivity index (χ2v) is 8.40. The molecule has 0 bridgehead atoms. The van der Waals surface area contributed by atoms with Gasteiger partial charge >= 0.3 is 0 Å². The van der Waals surface area contributed by atoms with E-state index >= 15 is 0 Å². The minimum atomic E-state index is -0.544. The van der Waals surface area contributed by atoms with E-state index in [0.717, 1.165) is 18.4 Å². The Kier molecular flexibility index (Phi) is 5.06. The Hall–Kier alpha value is -1.95. The van der Waals surface area contributed by atoms with Crippen LogP contribution in [0.15, 0.2) is 24.5 Å². The third kappa shape index (κ3) is 3.61. The molecule has 0 radical (unpaired) electrons. The molecule has 1 spiro atoms. The van der Waals surface area contributed by atoms with Gasteiger partial charge in [0.05, 0.1) is 18.1 Å². The number of piperidine rings is 2. The summed E-state index contributed by atoms with van der Waals surface area (Å²) in [5, 5.41) is 10.7. The predicted molar refractivity (Wildman–Crippen MR) is 98.3 cm³/mol. The lowest BCUT2D eigenvalue weighted by Gasteiger charge is -2.55. The van der Waals surface area contributed by atoms with Crippen LogP contribution in [0, 0.1) is 5.41 Å². The molecule has 1 N–H and O–H groups in total. The standard InChI is InChI=1S/C20H29N3O3/c1-15(24)23-14-20(12-17(25)19(23,2)3)6-9-22(10-7-20)18(26)11-16-5-4-8-21-13-16/h4-5,8,13,17,25H,6-7,9-12,14H2,1-3H3/t17-/m1/s1. The first kappa shape index (κ1) is 18.8. The van der Waals surface area contributed by atoms with Crippen LogP contribution >= 0.6 is 0 Å². The molecule has 0 saturated carbocycles. The molecule has 0 aromatic carbocycles. The summed E-state index contributed by atoms with van der Waals surface area (Å²) in [6, 6.07) is 3.76. The van der Waals surface area contributed by atoms with Gasteiger partial charge in [-0.1, -0.05) is 6.07 Å². The number of aromatic nitrogens is 1. The quantitative estimate of drug-likeness (QED) is 0.871. The van der Waals surface area contributed by atoms with E-state index in [1.807, 2.05) is 35.8 Å². The monoisotopic (exact) mass is 359 g/mol. The van der Waals surface area contributed by atoms with E-state index in [2.05, 4.69) is 4.98 Å². The fraction of sp³-hybridized carbons (Fsp3) is 0.650. The van der Waals surface area contributed by atoms with Crippen LogP contribution in [0.5, 0.6) is 0 Å². The van der Waals surface area contributed by atoms with Crippen molar-refractivity contribution in [2.24, 2.45) is 5.41 Å². The van der Waals surface area contributed by atoms with Crippen molar-refractivity contribution in [2.75, 3.05) is 19.6 Å². The van der Waals surface area contributed by atoms with Crippen molar-refractivity contribution in [2.45, 2.75) is 58.1 Å². The van der Waals surface area contributed by atoms with Crippen LogP contribution in [0.1, 0.15) is 45.6 Å². The number of rotatable bonds is 2. The number of aliphatic hydroxyl groups is 1. The molecule has 0 unspecified atom stereocenters. The van der Waals surface area contributed by atoms with E-state index < -0.39 is 11.6 Å². The minimum absolute atomic E-state index is 0.00297. The second kappa shape index (κ2) is 6.99. The summed E-state index contributed by atoms with van der Waals surface area (Å²) in [7, 11) is 0. The van der Waals surface area contributed by atoms with E-state index in [9.17, 15) is 14.7 Å². The van der Waals surface area contributed by atoms with Crippen LogP contribution in [0.3, 0.4) is 0 Å². The third-order valence-electron chi connectivity index (χ3n) is 6.27. The molecule has 26 heavy (non-hydrogen) atoms. The second-order valence-electron chi connectivity index (χ2n) is 8.40. The van der Waals surface area contributed by atoms with Crippen LogP contribution < -0.4 is 0 Å². The van der Waals surface area contributed by atoms with Gasteiger partial charge in [0, 0.05) is 39.0 Å². The Labute approximate surface area is 155 Å². The highest BCUT2D eigenvalue weighted by Crippen LogP contribution is 2.45. The van der Waals surface area contributed by atoms with Crippen molar-refractivity contribution in [3.63, 3.8) is 0 Å². The molecule has 2 aliphatic heterocycles. The molecule has 142 valence electrons. The van der Waals surface area contributed by atoms with Crippen molar-refractivity contribution in [3.8, 4) is 0 Å². The molecule has 6 nitrogen and oxygen atoms in total. The summed E-state index contributed by atoms with van der Waals surface area (Å²) in [6.07, 6.45) is 5.59. The van der Waals surface area contributed by atoms with Gasteiger partial charge in [-0.3, -0.25) is 14.6 Å². The number of carbonyl (C=O) groups excluding carboxylic acids is 2. The summed E-state index contributed by atoms with van der Waals surface area (Å²) >= 11 is 0. The number of aliphatic hydroxyl groups excluding tert-OH is 1. The Morgan fingerprint density at radius 1 is 1.31 bits per heavy atom.